The molecule has 1 aromatic rings. The number of aliphatic hydroxyl groups is 1. The zero-order valence-corrected chi connectivity index (χ0v) is 19.9. The number of hydrogen-bond acceptors (Lipinski definition) is 3. The molecule has 1 fully saturated rings. The molecule has 1 unspecified atom stereocenters. The van der Waals surface area contributed by atoms with Crippen LogP contribution in [0.4, 0.5) is 18.9 Å². The Morgan fingerprint density at radius 1 is 1.16 bits per heavy atom. The highest BCUT2D eigenvalue weighted by Crippen LogP contribution is 2.42. The Morgan fingerprint density at radius 3 is 2.32 bits per heavy atom. The number of rotatable bonds is 9. The zero-order chi connectivity index (χ0) is 23.7. The molecule has 0 bridgehead atoms. The van der Waals surface area contributed by atoms with E-state index >= 15 is 0 Å². The van der Waals surface area contributed by atoms with E-state index < -0.39 is 24.8 Å². The summed E-state index contributed by atoms with van der Waals surface area (Å²) in [5.74, 6) is -3.97. The van der Waals surface area contributed by atoms with E-state index in [1.165, 1.54) is 6.07 Å². The lowest BCUT2D eigenvalue weighted by Crippen LogP contribution is -2.51. The average molecular weight is 445 g/mol. The van der Waals surface area contributed by atoms with Crippen molar-refractivity contribution in [3.8, 4) is 0 Å². The van der Waals surface area contributed by atoms with E-state index in [0.717, 1.165) is 38.6 Å². The molecule has 1 N–H and O–H groups in total. The maximum absolute atomic E-state index is 14.6. The van der Waals surface area contributed by atoms with Gasteiger partial charge >= 0.3 is 5.92 Å². The van der Waals surface area contributed by atoms with Gasteiger partial charge in [0.25, 0.3) is 0 Å². The van der Waals surface area contributed by atoms with E-state index in [1.807, 2.05) is 32.7 Å². The van der Waals surface area contributed by atoms with Crippen LogP contribution in [-0.4, -0.2) is 55.2 Å². The third-order valence-electron chi connectivity index (χ3n) is 5.73. The maximum Gasteiger partial charge on any atom is 0.310 e. The highest BCUT2D eigenvalue weighted by molar-refractivity contribution is 5.64. The van der Waals surface area contributed by atoms with Crippen LogP contribution in [0.25, 0.3) is 0 Å². The first-order chi connectivity index (χ1) is 14.6. The second-order valence-corrected chi connectivity index (χ2v) is 8.04. The molecule has 0 radical (unpaired) electrons. The second kappa shape index (κ2) is 12.4. The molecule has 7 heteroatoms. The quantitative estimate of drug-likeness (QED) is 0.371. The minimum atomic E-state index is -3.97. The summed E-state index contributed by atoms with van der Waals surface area (Å²) in [6.45, 7) is 7.52. The monoisotopic (exact) mass is 444 g/mol. The summed E-state index contributed by atoms with van der Waals surface area (Å²) < 4.78 is 48.2. The van der Waals surface area contributed by atoms with E-state index in [9.17, 15) is 18.3 Å². The second-order valence-electron chi connectivity index (χ2n) is 8.04. The van der Waals surface area contributed by atoms with Crippen LogP contribution >= 0.6 is 0 Å². The average Bonchev–Trinajstić information content (AvgIpc) is 2.79. The number of alkyl halides is 3. The van der Waals surface area contributed by atoms with Crippen LogP contribution in [0.1, 0.15) is 69.6 Å². The Morgan fingerprint density at radius 2 is 1.77 bits per heavy atom. The summed E-state index contributed by atoms with van der Waals surface area (Å²) in [6.07, 6.45) is 6.07. The van der Waals surface area contributed by atoms with Crippen molar-refractivity contribution >= 4 is 12.0 Å². The van der Waals surface area contributed by atoms with Crippen LogP contribution in [-0.2, 0) is 10.3 Å². The van der Waals surface area contributed by atoms with Gasteiger partial charge in [-0.15, -0.1) is 0 Å². The fourth-order valence-corrected chi connectivity index (χ4v) is 3.59. The van der Waals surface area contributed by atoms with Crippen LogP contribution in [0, 0.1) is 13.8 Å². The third-order valence-corrected chi connectivity index (χ3v) is 5.73. The Bertz CT molecular complexity index is 706. The predicted octanol–water partition coefficient (Wildman–Crippen LogP) is 6.08. The molecule has 2 rings (SSSR count). The number of benzene rings is 1. The first-order valence-corrected chi connectivity index (χ1v) is 11.3. The number of ether oxygens (including phenoxy) is 1. The van der Waals surface area contributed by atoms with Gasteiger partial charge < -0.3 is 14.7 Å². The summed E-state index contributed by atoms with van der Waals surface area (Å²) in [5.41, 5.74) is -1.10. The summed E-state index contributed by atoms with van der Waals surface area (Å²) in [4.78, 5) is 6.27. The Hall–Kier alpha value is -1.60. The lowest BCUT2D eigenvalue weighted by Gasteiger charge is -2.37. The highest BCUT2D eigenvalue weighted by atomic mass is 19.3. The van der Waals surface area contributed by atoms with Gasteiger partial charge in [-0.2, -0.15) is 8.78 Å². The lowest BCUT2D eigenvalue weighted by molar-refractivity contribution is -0.226. The number of aryl methyl sites for hydroxylation is 2. The van der Waals surface area contributed by atoms with Crippen molar-refractivity contribution in [1.82, 2.24) is 4.90 Å². The number of nitrogens with zero attached hydrogens (tertiary/aromatic N) is 2. The molecule has 1 aliphatic rings. The van der Waals surface area contributed by atoms with Gasteiger partial charge in [-0.3, -0.25) is 0 Å². The summed E-state index contributed by atoms with van der Waals surface area (Å²) >= 11 is 0. The Kier molecular flexibility index (Phi) is 11.0. The standard InChI is InChI=1S/C22H33F3N2O2.C2H6/c1-5-27(4)15-26-20-12-16(2)19(11-17(20)3)21(28,22(24,25)13-23)14-29-18-9-7-6-8-10-18;1-2/h11-12,15,18,28H,5-10,13-14H2,1-4H3;1-2H3. The fourth-order valence-electron chi connectivity index (χ4n) is 3.59. The van der Waals surface area contributed by atoms with E-state index in [-0.39, 0.29) is 11.7 Å². The number of halogens is 3. The largest absolute Gasteiger partial charge is 0.377 e. The molecule has 1 aromatic carbocycles. The van der Waals surface area contributed by atoms with Crippen molar-refractivity contribution in [3.63, 3.8) is 0 Å². The van der Waals surface area contributed by atoms with Crippen molar-refractivity contribution < 1.29 is 23.0 Å². The molecule has 1 saturated carbocycles. The van der Waals surface area contributed by atoms with Crippen molar-refractivity contribution in [2.45, 2.75) is 84.4 Å². The molecular weight excluding hydrogens is 405 g/mol. The zero-order valence-electron chi connectivity index (χ0n) is 19.9. The lowest BCUT2D eigenvalue weighted by atomic mass is 9.84. The number of hydrogen-bond donors (Lipinski definition) is 1. The van der Waals surface area contributed by atoms with Crippen LogP contribution in [0.15, 0.2) is 17.1 Å². The van der Waals surface area contributed by atoms with Gasteiger partial charge in [0.1, 0.15) is 0 Å². The Labute approximate surface area is 185 Å². The fraction of sp³-hybridized carbons (Fsp3) is 0.708. The molecule has 178 valence electrons. The van der Waals surface area contributed by atoms with E-state index in [0.29, 0.717) is 16.8 Å². The molecule has 0 spiro atoms. The van der Waals surface area contributed by atoms with Gasteiger partial charge in [-0.05, 0) is 56.4 Å². The predicted molar refractivity (Wildman–Crippen MR) is 121 cm³/mol. The normalized spacial score (nSPS) is 17.2. The molecule has 0 aliphatic heterocycles. The first kappa shape index (κ1) is 27.4. The molecule has 0 amide bonds. The number of aliphatic imine (C=N–C) groups is 1. The van der Waals surface area contributed by atoms with E-state index in [4.69, 9.17) is 4.74 Å². The van der Waals surface area contributed by atoms with Crippen molar-refractivity contribution in [1.29, 1.82) is 0 Å². The molecule has 1 aliphatic carbocycles. The van der Waals surface area contributed by atoms with Gasteiger partial charge in [-0.1, -0.05) is 39.2 Å². The summed E-state index contributed by atoms with van der Waals surface area (Å²) in [5, 5.41) is 11.0. The van der Waals surface area contributed by atoms with Gasteiger partial charge in [0.05, 0.1) is 24.7 Å². The molecule has 1 atom stereocenters. The van der Waals surface area contributed by atoms with Gasteiger partial charge in [0.15, 0.2) is 12.3 Å². The SMILES string of the molecule is CC.CCN(C)C=Nc1cc(C)c(C(O)(COC2CCCCC2)C(F)(F)CF)cc1C. The van der Waals surface area contributed by atoms with Crippen LogP contribution < -0.4 is 0 Å². The van der Waals surface area contributed by atoms with Gasteiger partial charge in [0.2, 0.25) is 0 Å². The molecule has 31 heavy (non-hydrogen) atoms. The summed E-state index contributed by atoms with van der Waals surface area (Å²) in [7, 11) is 1.88. The maximum atomic E-state index is 14.6. The van der Waals surface area contributed by atoms with Crippen molar-refractivity contribution in [2.24, 2.45) is 4.99 Å². The molecule has 0 aromatic heterocycles. The van der Waals surface area contributed by atoms with E-state index in [2.05, 4.69) is 4.99 Å². The smallest absolute Gasteiger partial charge is 0.310 e. The minimum absolute atomic E-state index is 0.0174. The minimum Gasteiger partial charge on any atom is -0.377 e. The highest BCUT2D eigenvalue weighted by Gasteiger charge is 2.55. The van der Waals surface area contributed by atoms with E-state index in [1.54, 1.807) is 26.3 Å². The first-order valence-electron chi connectivity index (χ1n) is 11.3. The van der Waals surface area contributed by atoms with Gasteiger partial charge in [-0.25, -0.2) is 9.38 Å². The summed E-state index contributed by atoms with van der Waals surface area (Å²) in [6, 6.07) is 3.12. The molecule has 0 heterocycles. The molecule has 0 saturated heterocycles. The molecular formula is C24H39F3N2O2. The topological polar surface area (TPSA) is 45.1 Å². The van der Waals surface area contributed by atoms with Crippen LogP contribution in [0.5, 0.6) is 0 Å². The molecule has 4 nitrogen and oxygen atoms in total. The van der Waals surface area contributed by atoms with Gasteiger partial charge in [0, 0.05) is 13.6 Å². The van der Waals surface area contributed by atoms with Crippen LogP contribution in [0.2, 0.25) is 0 Å². The van der Waals surface area contributed by atoms with Crippen molar-refractivity contribution in [3.05, 3.63) is 28.8 Å². The van der Waals surface area contributed by atoms with Crippen LogP contribution in [0.3, 0.4) is 0 Å². The van der Waals surface area contributed by atoms with Crippen molar-refractivity contribution in [2.75, 3.05) is 26.9 Å². The third kappa shape index (κ3) is 6.94. The Balaban J connectivity index is 0.00000233.